The highest BCUT2D eigenvalue weighted by molar-refractivity contribution is 6.17. The van der Waals surface area contributed by atoms with Crippen molar-refractivity contribution in [3.63, 3.8) is 0 Å². The van der Waals surface area contributed by atoms with Gasteiger partial charge in [-0.3, -0.25) is 4.98 Å². The zero-order valence-corrected chi connectivity index (χ0v) is 9.72. The number of aromatic nitrogens is 5. The minimum atomic E-state index is 0.315. The summed E-state index contributed by atoms with van der Waals surface area (Å²) in [5.41, 5.74) is 0.634. The van der Waals surface area contributed by atoms with E-state index in [4.69, 9.17) is 11.6 Å². The molecule has 0 bridgehead atoms. The van der Waals surface area contributed by atoms with Gasteiger partial charge in [0.05, 0.1) is 12.4 Å². The van der Waals surface area contributed by atoms with Gasteiger partial charge in [-0.15, -0.1) is 16.7 Å². The van der Waals surface area contributed by atoms with Crippen LogP contribution in [-0.2, 0) is 0 Å². The summed E-state index contributed by atoms with van der Waals surface area (Å²) in [6, 6.07) is 0.315. The lowest BCUT2D eigenvalue weighted by molar-refractivity contribution is 0.682. The van der Waals surface area contributed by atoms with Crippen molar-refractivity contribution in [3.8, 4) is 0 Å². The van der Waals surface area contributed by atoms with Gasteiger partial charge in [-0.05, 0) is 30.2 Å². The highest BCUT2D eigenvalue weighted by Gasteiger charge is 2.07. The largest absolute Gasteiger partial charge is 0.366 e. The minimum Gasteiger partial charge on any atom is -0.366 e. The van der Waals surface area contributed by atoms with E-state index in [0.717, 1.165) is 18.7 Å². The molecule has 1 atom stereocenters. The monoisotopic (exact) mass is 240 g/mol. The van der Waals surface area contributed by atoms with Crippen molar-refractivity contribution in [2.24, 2.45) is 0 Å². The Morgan fingerprint density at radius 1 is 1.50 bits per heavy atom. The lowest BCUT2D eigenvalue weighted by atomic mass is 10.2. The molecule has 86 valence electrons. The van der Waals surface area contributed by atoms with Gasteiger partial charge in [0.1, 0.15) is 0 Å². The average molecular weight is 241 g/mol. The van der Waals surface area contributed by atoms with Crippen LogP contribution in [0.15, 0.2) is 12.4 Å². The fourth-order valence-corrected chi connectivity index (χ4v) is 1.64. The Morgan fingerprint density at radius 3 is 3.19 bits per heavy atom. The summed E-state index contributed by atoms with van der Waals surface area (Å²) in [5, 5.41) is 14.6. The Balaban J connectivity index is 2.11. The summed E-state index contributed by atoms with van der Waals surface area (Å²) in [4.78, 5) is 4.07. The van der Waals surface area contributed by atoms with Crippen LogP contribution >= 0.6 is 11.6 Å². The topological polar surface area (TPSA) is 68.0 Å². The standard InChI is InChI=1S/C9H13ClN6/c1-7(3-2-4-10)12-8-5-11-6-9-13-14-15-16(8)9/h5-7,12H,2-4H2,1H3. The molecule has 0 aliphatic heterocycles. The molecule has 0 aliphatic carbocycles. The van der Waals surface area contributed by atoms with Crippen LogP contribution in [0, 0.1) is 0 Å². The Bertz CT molecular complexity index is 456. The second-order valence-electron chi connectivity index (χ2n) is 3.62. The van der Waals surface area contributed by atoms with Crippen molar-refractivity contribution in [2.45, 2.75) is 25.8 Å². The van der Waals surface area contributed by atoms with Gasteiger partial charge in [-0.2, -0.15) is 4.52 Å². The highest BCUT2D eigenvalue weighted by Crippen LogP contribution is 2.10. The Labute approximate surface area is 98.0 Å². The molecule has 0 saturated carbocycles. The van der Waals surface area contributed by atoms with Crippen molar-refractivity contribution in [3.05, 3.63) is 12.4 Å². The molecule has 0 fully saturated rings. The predicted molar refractivity (Wildman–Crippen MR) is 61.6 cm³/mol. The van der Waals surface area contributed by atoms with Crippen molar-refractivity contribution in [2.75, 3.05) is 11.2 Å². The third-order valence-corrected chi connectivity index (χ3v) is 2.54. The molecule has 7 heteroatoms. The normalized spacial score (nSPS) is 12.9. The first kappa shape index (κ1) is 11.1. The van der Waals surface area contributed by atoms with E-state index in [-0.39, 0.29) is 0 Å². The van der Waals surface area contributed by atoms with Gasteiger partial charge in [-0.25, -0.2) is 0 Å². The van der Waals surface area contributed by atoms with Crippen molar-refractivity contribution in [1.29, 1.82) is 0 Å². The molecule has 0 spiro atoms. The number of alkyl halides is 1. The van der Waals surface area contributed by atoms with Gasteiger partial charge in [0.15, 0.2) is 11.5 Å². The van der Waals surface area contributed by atoms with E-state index in [2.05, 4.69) is 32.7 Å². The number of nitrogens with one attached hydrogen (secondary N) is 1. The summed E-state index contributed by atoms with van der Waals surface area (Å²) in [6.45, 7) is 2.09. The molecule has 2 aromatic rings. The summed E-state index contributed by atoms with van der Waals surface area (Å²) in [5.74, 6) is 1.48. The summed E-state index contributed by atoms with van der Waals surface area (Å²) in [6.07, 6.45) is 5.31. The highest BCUT2D eigenvalue weighted by atomic mass is 35.5. The second-order valence-corrected chi connectivity index (χ2v) is 4.00. The lowest BCUT2D eigenvalue weighted by Crippen LogP contribution is -2.17. The third-order valence-electron chi connectivity index (χ3n) is 2.27. The van der Waals surface area contributed by atoms with Gasteiger partial charge in [-0.1, -0.05) is 0 Å². The molecule has 0 aromatic carbocycles. The smallest absolute Gasteiger partial charge is 0.199 e. The quantitative estimate of drug-likeness (QED) is 0.799. The van der Waals surface area contributed by atoms with E-state index in [1.165, 1.54) is 0 Å². The summed E-state index contributed by atoms with van der Waals surface area (Å²) < 4.78 is 1.63. The van der Waals surface area contributed by atoms with E-state index in [1.807, 2.05) is 0 Å². The van der Waals surface area contributed by atoms with E-state index in [9.17, 15) is 0 Å². The number of hydrogen-bond acceptors (Lipinski definition) is 5. The molecule has 0 saturated heterocycles. The number of hydrogen-bond donors (Lipinski definition) is 1. The SMILES string of the molecule is CC(CCCCl)Nc1cncc2nnnn12. The van der Waals surface area contributed by atoms with Crippen LogP contribution < -0.4 is 5.32 Å². The second kappa shape index (κ2) is 5.07. The van der Waals surface area contributed by atoms with Gasteiger partial charge in [0.25, 0.3) is 0 Å². The van der Waals surface area contributed by atoms with Gasteiger partial charge >= 0.3 is 0 Å². The van der Waals surface area contributed by atoms with Crippen LogP contribution in [0.25, 0.3) is 5.65 Å². The zero-order valence-electron chi connectivity index (χ0n) is 8.97. The number of tetrazole rings is 1. The van der Waals surface area contributed by atoms with Crippen molar-refractivity contribution >= 4 is 23.1 Å². The molecule has 2 heterocycles. The molecule has 0 amide bonds. The molecular weight excluding hydrogens is 228 g/mol. The Kier molecular flexibility index (Phi) is 3.51. The Morgan fingerprint density at radius 2 is 2.38 bits per heavy atom. The molecule has 6 nitrogen and oxygen atoms in total. The molecule has 1 unspecified atom stereocenters. The number of fused-ring (bicyclic) bond motifs is 1. The van der Waals surface area contributed by atoms with Crippen LogP contribution in [0.4, 0.5) is 5.82 Å². The molecule has 1 N–H and O–H groups in total. The van der Waals surface area contributed by atoms with Gasteiger partial charge < -0.3 is 5.32 Å². The van der Waals surface area contributed by atoms with Gasteiger partial charge in [0.2, 0.25) is 0 Å². The molecule has 2 rings (SSSR count). The predicted octanol–water partition coefficient (Wildman–Crippen LogP) is 1.34. The van der Waals surface area contributed by atoms with Crippen molar-refractivity contribution in [1.82, 2.24) is 25.0 Å². The van der Waals surface area contributed by atoms with E-state index < -0.39 is 0 Å². The van der Waals surface area contributed by atoms with E-state index >= 15 is 0 Å². The molecule has 16 heavy (non-hydrogen) atoms. The van der Waals surface area contributed by atoms with Crippen LogP contribution in [-0.4, -0.2) is 36.9 Å². The Hall–Kier alpha value is -1.43. The first-order chi connectivity index (χ1) is 7.81. The van der Waals surface area contributed by atoms with Crippen LogP contribution in [0.2, 0.25) is 0 Å². The lowest BCUT2D eigenvalue weighted by Gasteiger charge is -2.14. The van der Waals surface area contributed by atoms with Gasteiger partial charge in [0, 0.05) is 11.9 Å². The summed E-state index contributed by atoms with van der Waals surface area (Å²) >= 11 is 5.65. The van der Waals surface area contributed by atoms with Crippen LogP contribution in [0.1, 0.15) is 19.8 Å². The van der Waals surface area contributed by atoms with E-state index in [0.29, 0.717) is 17.6 Å². The zero-order chi connectivity index (χ0) is 11.4. The van der Waals surface area contributed by atoms with Crippen molar-refractivity contribution < 1.29 is 0 Å². The summed E-state index contributed by atoms with van der Waals surface area (Å²) in [7, 11) is 0. The fourth-order valence-electron chi connectivity index (χ4n) is 1.48. The fraction of sp³-hybridized carbons (Fsp3) is 0.556. The number of rotatable bonds is 5. The molecule has 0 radical (unpaired) electrons. The maximum Gasteiger partial charge on any atom is 0.199 e. The third kappa shape index (κ3) is 2.38. The molecular formula is C9H13ClN6. The molecule has 2 aromatic heterocycles. The maximum atomic E-state index is 5.65. The number of anilines is 1. The van der Waals surface area contributed by atoms with Crippen LogP contribution in [0.5, 0.6) is 0 Å². The first-order valence-electron chi connectivity index (χ1n) is 5.16. The maximum absolute atomic E-state index is 5.65. The number of halogens is 1. The number of nitrogens with zero attached hydrogens (tertiary/aromatic N) is 5. The van der Waals surface area contributed by atoms with Crippen LogP contribution in [0.3, 0.4) is 0 Å². The molecule has 0 aliphatic rings. The minimum absolute atomic E-state index is 0.315. The van der Waals surface area contributed by atoms with E-state index in [1.54, 1.807) is 16.9 Å². The average Bonchev–Trinajstić information content (AvgIpc) is 2.75. The first-order valence-corrected chi connectivity index (χ1v) is 5.69.